The van der Waals surface area contributed by atoms with E-state index in [2.05, 4.69) is 19.2 Å². The molecule has 1 N–H and O–H groups in total. The summed E-state index contributed by atoms with van der Waals surface area (Å²) < 4.78 is 28.4. The van der Waals surface area contributed by atoms with Gasteiger partial charge in [-0.2, -0.15) is 17.0 Å². The van der Waals surface area contributed by atoms with Gasteiger partial charge < -0.3 is 5.32 Å². The molecule has 0 spiro atoms. The maximum Gasteiger partial charge on any atom is 0.282 e. The third kappa shape index (κ3) is 3.48. The van der Waals surface area contributed by atoms with Gasteiger partial charge >= 0.3 is 0 Å². The van der Waals surface area contributed by atoms with E-state index in [1.807, 2.05) is 0 Å². The Bertz CT molecular complexity index is 392. The summed E-state index contributed by atoms with van der Waals surface area (Å²) in [6.07, 6.45) is 4.18. The highest BCUT2D eigenvalue weighted by Gasteiger charge is 2.36. The van der Waals surface area contributed by atoms with Crippen molar-refractivity contribution in [3.63, 3.8) is 0 Å². The number of piperazine rings is 1. The van der Waals surface area contributed by atoms with Gasteiger partial charge in [0, 0.05) is 39.3 Å². The van der Waals surface area contributed by atoms with Crippen molar-refractivity contribution >= 4 is 10.2 Å². The molecule has 2 fully saturated rings. The van der Waals surface area contributed by atoms with Gasteiger partial charge in [-0.25, -0.2) is 0 Å². The van der Waals surface area contributed by atoms with Crippen LogP contribution in [0, 0.1) is 5.41 Å². The quantitative estimate of drug-likeness (QED) is 0.844. The van der Waals surface area contributed by atoms with E-state index < -0.39 is 10.2 Å². The molecule has 0 unspecified atom stereocenters. The predicted molar refractivity (Wildman–Crippen MR) is 77.2 cm³/mol. The highest BCUT2D eigenvalue weighted by atomic mass is 32.2. The monoisotopic (exact) mass is 289 g/mol. The van der Waals surface area contributed by atoms with Crippen LogP contribution in [0.1, 0.15) is 39.5 Å². The molecule has 0 amide bonds. The summed E-state index contributed by atoms with van der Waals surface area (Å²) in [5, 5.41) is 3.19. The number of hydrogen-bond acceptors (Lipinski definition) is 3. The first-order valence-corrected chi connectivity index (χ1v) is 8.66. The second-order valence-electron chi connectivity index (χ2n) is 6.57. The first-order chi connectivity index (χ1) is 8.83. The normalized spacial score (nSPS) is 26.7. The van der Waals surface area contributed by atoms with Gasteiger partial charge in [0.15, 0.2) is 0 Å². The maximum atomic E-state index is 12.6. The van der Waals surface area contributed by atoms with E-state index in [4.69, 9.17) is 0 Å². The second-order valence-corrected chi connectivity index (χ2v) is 8.56. The van der Waals surface area contributed by atoms with Crippen LogP contribution in [-0.2, 0) is 10.2 Å². The zero-order chi connectivity index (χ0) is 14.1. The predicted octanol–water partition coefficient (Wildman–Crippen LogP) is 1.04. The van der Waals surface area contributed by atoms with E-state index in [-0.39, 0.29) is 6.04 Å². The number of nitrogens with one attached hydrogen (secondary N) is 1. The van der Waals surface area contributed by atoms with Crippen molar-refractivity contribution in [1.29, 1.82) is 0 Å². The molecule has 1 saturated carbocycles. The van der Waals surface area contributed by atoms with Crippen LogP contribution in [0.4, 0.5) is 0 Å². The van der Waals surface area contributed by atoms with Crippen LogP contribution in [0.2, 0.25) is 0 Å². The van der Waals surface area contributed by atoms with Crippen molar-refractivity contribution in [3.8, 4) is 0 Å². The average Bonchev–Trinajstić information content (AvgIpc) is 2.39. The van der Waals surface area contributed by atoms with Gasteiger partial charge in [-0.3, -0.25) is 0 Å². The van der Waals surface area contributed by atoms with E-state index in [1.165, 1.54) is 0 Å². The van der Waals surface area contributed by atoms with E-state index in [0.29, 0.717) is 18.5 Å². The van der Waals surface area contributed by atoms with Gasteiger partial charge in [0.1, 0.15) is 0 Å². The molecular formula is C13H27N3O2S. The van der Waals surface area contributed by atoms with Crippen molar-refractivity contribution in [2.75, 3.05) is 33.2 Å². The first kappa shape index (κ1) is 15.2. The van der Waals surface area contributed by atoms with Crippen molar-refractivity contribution in [2.24, 2.45) is 5.41 Å². The molecule has 1 saturated heterocycles. The molecule has 0 radical (unpaired) electrons. The smallest absolute Gasteiger partial charge is 0.282 e. The Hall–Kier alpha value is -0.170. The summed E-state index contributed by atoms with van der Waals surface area (Å²) in [5.41, 5.74) is 0.371. The zero-order valence-corrected chi connectivity index (χ0v) is 13.2. The molecule has 2 aliphatic rings. The molecular weight excluding hydrogens is 262 g/mol. The van der Waals surface area contributed by atoms with Crippen molar-refractivity contribution < 1.29 is 8.42 Å². The Morgan fingerprint density at radius 2 is 1.68 bits per heavy atom. The van der Waals surface area contributed by atoms with Crippen LogP contribution in [0.5, 0.6) is 0 Å². The SMILES string of the molecule is CN(C1CCC(C)(C)CC1)S(=O)(=O)N1CCNCC1. The lowest BCUT2D eigenvalue weighted by molar-refractivity contribution is 0.167. The van der Waals surface area contributed by atoms with Gasteiger partial charge in [-0.1, -0.05) is 13.8 Å². The first-order valence-electron chi connectivity index (χ1n) is 7.27. The molecule has 1 aliphatic carbocycles. The summed E-state index contributed by atoms with van der Waals surface area (Å²) in [7, 11) is -1.52. The van der Waals surface area contributed by atoms with Crippen LogP contribution in [-0.4, -0.2) is 56.3 Å². The van der Waals surface area contributed by atoms with Gasteiger partial charge in [0.25, 0.3) is 10.2 Å². The Labute approximate surface area is 117 Å². The average molecular weight is 289 g/mol. The van der Waals surface area contributed by atoms with E-state index in [1.54, 1.807) is 15.7 Å². The Morgan fingerprint density at radius 1 is 1.16 bits per heavy atom. The zero-order valence-electron chi connectivity index (χ0n) is 12.4. The topological polar surface area (TPSA) is 52.7 Å². The molecule has 5 nitrogen and oxygen atoms in total. The number of rotatable bonds is 3. The van der Waals surface area contributed by atoms with Crippen LogP contribution in [0.25, 0.3) is 0 Å². The van der Waals surface area contributed by atoms with Gasteiger partial charge in [0.2, 0.25) is 0 Å². The van der Waals surface area contributed by atoms with E-state index >= 15 is 0 Å². The summed E-state index contributed by atoms with van der Waals surface area (Å²) in [5.74, 6) is 0. The highest BCUT2D eigenvalue weighted by molar-refractivity contribution is 7.86. The number of nitrogens with zero attached hydrogens (tertiary/aromatic N) is 2. The van der Waals surface area contributed by atoms with Gasteiger partial charge in [-0.05, 0) is 31.1 Å². The van der Waals surface area contributed by atoms with E-state index in [9.17, 15) is 8.42 Å². The molecule has 1 heterocycles. The van der Waals surface area contributed by atoms with Crippen molar-refractivity contribution in [1.82, 2.24) is 13.9 Å². The third-order valence-corrected chi connectivity index (χ3v) is 6.63. The second kappa shape index (κ2) is 5.68. The summed E-state index contributed by atoms with van der Waals surface area (Å²) in [4.78, 5) is 0. The molecule has 0 aromatic carbocycles. The molecule has 1 aliphatic heterocycles. The molecule has 0 aromatic rings. The largest absolute Gasteiger partial charge is 0.314 e. The molecule has 19 heavy (non-hydrogen) atoms. The van der Waals surface area contributed by atoms with Gasteiger partial charge in [0.05, 0.1) is 0 Å². The molecule has 6 heteroatoms. The van der Waals surface area contributed by atoms with Crippen molar-refractivity contribution in [2.45, 2.75) is 45.6 Å². The van der Waals surface area contributed by atoms with Gasteiger partial charge in [-0.15, -0.1) is 0 Å². The standard InChI is InChI=1S/C13H27N3O2S/c1-13(2)6-4-12(5-7-13)15(3)19(17,18)16-10-8-14-9-11-16/h12,14H,4-11H2,1-3H3. The minimum Gasteiger partial charge on any atom is -0.314 e. The lowest BCUT2D eigenvalue weighted by Crippen LogP contribution is -2.53. The third-order valence-electron chi connectivity index (χ3n) is 4.59. The Balaban J connectivity index is 2.00. The summed E-state index contributed by atoms with van der Waals surface area (Å²) in [6.45, 7) is 7.23. The maximum absolute atomic E-state index is 12.6. The van der Waals surface area contributed by atoms with Crippen LogP contribution < -0.4 is 5.32 Å². The van der Waals surface area contributed by atoms with Crippen LogP contribution in [0.3, 0.4) is 0 Å². The highest BCUT2D eigenvalue weighted by Crippen LogP contribution is 2.37. The van der Waals surface area contributed by atoms with Crippen LogP contribution >= 0.6 is 0 Å². The fraction of sp³-hybridized carbons (Fsp3) is 1.00. The lowest BCUT2D eigenvalue weighted by atomic mass is 9.76. The van der Waals surface area contributed by atoms with Crippen molar-refractivity contribution in [3.05, 3.63) is 0 Å². The minimum absolute atomic E-state index is 0.174. The number of hydrogen-bond donors (Lipinski definition) is 1. The minimum atomic E-state index is -3.27. The van der Waals surface area contributed by atoms with Crippen LogP contribution in [0.15, 0.2) is 0 Å². The Morgan fingerprint density at radius 3 is 2.21 bits per heavy atom. The molecule has 112 valence electrons. The fourth-order valence-electron chi connectivity index (χ4n) is 2.99. The molecule has 2 rings (SSSR count). The molecule has 0 atom stereocenters. The molecule has 0 bridgehead atoms. The summed E-state index contributed by atoms with van der Waals surface area (Å²) >= 11 is 0. The molecule has 0 aromatic heterocycles. The lowest BCUT2D eigenvalue weighted by Gasteiger charge is -2.40. The summed E-state index contributed by atoms with van der Waals surface area (Å²) in [6, 6.07) is 0.174. The Kier molecular flexibility index (Phi) is 4.55. The fourth-order valence-corrected chi connectivity index (χ4v) is 4.59. The van der Waals surface area contributed by atoms with E-state index in [0.717, 1.165) is 38.8 Å².